The van der Waals surface area contributed by atoms with E-state index in [9.17, 15) is 19.5 Å². The molecular formula is C30H42ClN3O5. The van der Waals surface area contributed by atoms with Crippen molar-refractivity contribution in [1.29, 1.82) is 0 Å². The maximum Gasteiger partial charge on any atom is 0.408 e. The number of hydrogen-bond acceptors (Lipinski definition) is 5. The molecule has 3 N–H and O–H groups in total. The van der Waals surface area contributed by atoms with Crippen LogP contribution >= 0.6 is 11.6 Å². The summed E-state index contributed by atoms with van der Waals surface area (Å²) >= 11 is 6.40. The summed E-state index contributed by atoms with van der Waals surface area (Å²) in [5.74, 6) is -0.941. The molecule has 9 heteroatoms. The number of rotatable bonds is 10. The summed E-state index contributed by atoms with van der Waals surface area (Å²) in [7, 11) is 0. The molecule has 0 aliphatic rings. The normalized spacial score (nSPS) is 13.0. The topological polar surface area (TPSA) is 108 Å². The standard InChI is InChI=1S/C30H42ClN3O5/c1-18(2)16-24(32-29(38)39-30(6,7)8)28(37)34(14-15-35)26(22-13-12-19(3)17-21(22)5)27(36)33-25-20(4)10-9-11-23(25)31/h9-13,17-18,24,26,35H,14-16H2,1-8H3,(H,32,38)(H,33,36). The molecule has 0 bridgehead atoms. The minimum atomic E-state index is -1.10. The number of carbonyl (C=O) groups is 3. The monoisotopic (exact) mass is 559 g/mol. The van der Waals surface area contributed by atoms with E-state index >= 15 is 0 Å². The molecule has 2 aromatic rings. The summed E-state index contributed by atoms with van der Waals surface area (Å²) in [5.41, 5.74) is 2.86. The van der Waals surface area contributed by atoms with E-state index in [1.54, 1.807) is 32.9 Å². The number of aliphatic hydroxyl groups is 1. The van der Waals surface area contributed by atoms with Gasteiger partial charge in [0, 0.05) is 6.54 Å². The third-order valence-electron chi connectivity index (χ3n) is 6.07. The van der Waals surface area contributed by atoms with Gasteiger partial charge in [0.1, 0.15) is 17.7 Å². The van der Waals surface area contributed by atoms with Gasteiger partial charge < -0.3 is 25.4 Å². The van der Waals surface area contributed by atoms with Crippen molar-refractivity contribution in [3.05, 3.63) is 63.7 Å². The number of nitrogens with zero attached hydrogens (tertiary/aromatic N) is 1. The minimum absolute atomic E-state index is 0.0454. The van der Waals surface area contributed by atoms with Gasteiger partial charge in [0.2, 0.25) is 5.91 Å². The van der Waals surface area contributed by atoms with Gasteiger partial charge in [-0.05, 0) is 76.6 Å². The SMILES string of the molecule is Cc1ccc(C(C(=O)Nc2c(C)cccc2Cl)N(CCO)C(=O)C(CC(C)C)NC(=O)OC(C)(C)C)c(C)c1. The Kier molecular flexibility index (Phi) is 11.4. The molecule has 0 saturated heterocycles. The molecule has 0 radical (unpaired) electrons. The van der Waals surface area contributed by atoms with Crippen molar-refractivity contribution in [3.63, 3.8) is 0 Å². The van der Waals surface area contributed by atoms with Crippen molar-refractivity contribution in [3.8, 4) is 0 Å². The van der Waals surface area contributed by atoms with Crippen molar-refractivity contribution in [2.24, 2.45) is 5.92 Å². The van der Waals surface area contributed by atoms with Crippen LogP contribution in [0.4, 0.5) is 10.5 Å². The van der Waals surface area contributed by atoms with E-state index in [2.05, 4.69) is 10.6 Å². The second kappa shape index (κ2) is 13.8. The lowest BCUT2D eigenvalue weighted by Crippen LogP contribution is -2.53. The molecule has 0 aromatic heterocycles. The molecule has 0 heterocycles. The number of aryl methyl sites for hydroxylation is 3. The van der Waals surface area contributed by atoms with Crippen LogP contribution in [0.1, 0.15) is 69.3 Å². The molecule has 39 heavy (non-hydrogen) atoms. The average Bonchev–Trinajstić information content (AvgIpc) is 2.80. The van der Waals surface area contributed by atoms with Crippen molar-refractivity contribution in [2.75, 3.05) is 18.5 Å². The van der Waals surface area contributed by atoms with Crippen molar-refractivity contribution in [2.45, 2.75) is 79.5 Å². The number of anilines is 1. The molecule has 0 aliphatic carbocycles. The lowest BCUT2D eigenvalue weighted by molar-refractivity contribution is -0.141. The largest absolute Gasteiger partial charge is 0.444 e. The van der Waals surface area contributed by atoms with E-state index in [4.69, 9.17) is 16.3 Å². The molecule has 0 fully saturated rings. The van der Waals surface area contributed by atoms with E-state index in [1.165, 1.54) is 4.90 Å². The molecule has 2 aromatic carbocycles. The summed E-state index contributed by atoms with van der Waals surface area (Å²) in [6, 6.07) is 8.83. The van der Waals surface area contributed by atoms with Crippen LogP contribution in [0.5, 0.6) is 0 Å². The van der Waals surface area contributed by atoms with Crippen LogP contribution in [0, 0.1) is 26.7 Å². The lowest BCUT2D eigenvalue weighted by Gasteiger charge is -2.35. The van der Waals surface area contributed by atoms with Crippen LogP contribution in [0.2, 0.25) is 5.02 Å². The third kappa shape index (κ3) is 9.25. The van der Waals surface area contributed by atoms with Crippen molar-refractivity contribution < 1.29 is 24.2 Å². The quantitative estimate of drug-likeness (QED) is 0.346. The van der Waals surface area contributed by atoms with E-state index in [-0.39, 0.29) is 19.1 Å². The molecule has 0 saturated carbocycles. The fourth-order valence-corrected chi connectivity index (χ4v) is 4.65. The van der Waals surface area contributed by atoms with Crippen LogP contribution in [-0.2, 0) is 14.3 Å². The first-order valence-electron chi connectivity index (χ1n) is 13.2. The molecule has 8 nitrogen and oxygen atoms in total. The van der Waals surface area contributed by atoms with Crippen LogP contribution in [0.15, 0.2) is 36.4 Å². The molecule has 214 valence electrons. The minimum Gasteiger partial charge on any atom is -0.444 e. The number of ether oxygens (including phenoxy) is 1. The van der Waals surface area contributed by atoms with Crippen molar-refractivity contribution >= 4 is 35.2 Å². The Morgan fingerprint density at radius 3 is 2.26 bits per heavy atom. The van der Waals surface area contributed by atoms with Gasteiger partial charge in [-0.15, -0.1) is 0 Å². The highest BCUT2D eigenvalue weighted by molar-refractivity contribution is 6.34. The predicted octanol–water partition coefficient (Wildman–Crippen LogP) is 5.71. The van der Waals surface area contributed by atoms with Gasteiger partial charge >= 0.3 is 6.09 Å². The maximum absolute atomic E-state index is 14.1. The summed E-state index contributed by atoms with van der Waals surface area (Å²) in [6.07, 6.45) is -0.421. The van der Waals surface area contributed by atoms with Gasteiger partial charge in [-0.2, -0.15) is 0 Å². The summed E-state index contributed by atoms with van der Waals surface area (Å²) in [6.45, 7) is 14.2. The van der Waals surface area contributed by atoms with Crippen LogP contribution in [0.25, 0.3) is 0 Å². The van der Waals surface area contributed by atoms with Gasteiger partial charge in [-0.3, -0.25) is 9.59 Å². The highest BCUT2D eigenvalue weighted by Crippen LogP contribution is 2.31. The molecule has 2 unspecified atom stereocenters. The number of carbonyl (C=O) groups excluding carboxylic acids is 3. The Hall–Kier alpha value is -3.10. The van der Waals surface area contributed by atoms with E-state index in [0.29, 0.717) is 22.7 Å². The van der Waals surface area contributed by atoms with Crippen LogP contribution in [-0.4, -0.2) is 52.7 Å². The first-order valence-corrected chi connectivity index (χ1v) is 13.6. The lowest BCUT2D eigenvalue weighted by atomic mass is 9.95. The zero-order valence-electron chi connectivity index (χ0n) is 24.2. The number of para-hydroxylation sites is 1. The zero-order valence-corrected chi connectivity index (χ0v) is 25.0. The molecule has 2 rings (SSSR count). The zero-order chi connectivity index (χ0) is 29.5. The first kappa shape index (κ1) is 32.1. The predicted molar refractivity (Wildman–Crippen MR) is 155 cm³/mol. The van der Waals surface area contributed by atoms with Gasteiger partial charge in [-0.1, -0.05) is 61.3 Å². The number of benzene rings is 2. The molecule has 2 atom stereocenters. The number of hydrogen-bond donors (Lipinski definition) is 3. The Morgan fingerprint density at radius 2 is 1.72 bits per heavy atom. The van der Waals surface area contributed by atoms with Gasteiger partial charge in [0.25, 0.3) is 5.91 Å². The number of amides is 3. The van der Waals surface area contributed by atoms with Crippen molar-refractivity contribution in [1.82, 2.24) is 10.2 Å². The molecule has 0 spiro atoms. The van der Waals surface area contributed by atoms with Crippen LogP contribution in [0.3, 0.4) is 0 Å². The van der Waals surface area contributed by atoms with E-state index < -0.39 is 35.6 Å². The molecular weight excluding hydrogens is 518 g/mol. The van der Waals surface area contributed by atoms with E-state index in [1.807, 2.05) is 58.9 Å². The first-order chi connectivity index (χ1) is 18.1. The highest BCUT2D eigenvalue weighted by atomic mass is 35.5. The Bertz CT molecular complexity index is 1160. The number of alkyl carbamates (subject to hydrolysis) is 1. The highest BCUT2D eigenvalue weighted by Gasteiger charge is 2.37. The Labute approximate surface area is 237 Å². The molecule has 3 amide bonds. The fraction of sp³-hybridized carbons (Fsp3) is 0.500. The second-order valence-electron chi connectivity index (χ2n) is 11.3. The van der Waals surface area contributed by atoms with Gasteiger partial charge in [-0.25, -0.2) is 4.79 Å². The molecule has 0 aliphatic heterocycles. The fourth-order valence-electron chi connectivity index (χ4n) is 4.38. The number of nitrogens with one attached hydrogen (secondary N) is 2. The Balaban J connectivity index is 2.59. The van der Waals surface area contributed by atoms with E-state index in [0.717, 1.165) is 16.7 Å². The summed E-state index contributed by atoms with van der Waals surface area (Å²) in [4.78, 5) is 42.1. The summed E-state index contributed by atoms with van der Waals surface area (Å²) < 4.78 is 5.41. The number of halogens is 1. The second-order valence-corrected chi connectivity index (χ2v) is 11.7. The number of aliphatic hydroxyl groups excluding tert-OH is 1. The van der Waals surface area contributed by atoms with Gasteiger partial charge in [0.05, 0.1) is 17.3 Å². The third-order valence-corrected chi connectivity index (χ3v) is 6.39. The summed E-state index contributed by atoms with van der Waals surface area (Å²) in [5, 5.41) is 16.0. The van der Waals surface area contributed by atoms with Gasteiger partial charge in [0.15, 0.2) is 0 Å². The average molecular weight is 560 g/mol. The van der Waals surface area contributed by atoms with Crippen LogP contribution < -0.4 is 10.6 Å². The Morgan fingerprint density at radius 1 is 1.05 bits per heavy atom. The smallest absolute Gasteiger partial charge is 0.408 e. The maximum atomic E-state index is 14.1.